The fourth-order valence-corrected chi connectivity index (χ4v) is 4.29. The maximum atomic E-state index is 12.8. The number of nitrogens with one attached hydrogen (secondary N) is 1. The van der Waals surface area contributed by atoms with Crippen molar-refractivity contribution < 1.29 is 0 Å². The molecule has 1 aromatic carbocycles. The first-order valence-electron chi connectivity index (χ1n) is 9.50. The van der Waals surface area contributed by atoms with Crippen LogP contribution in [0.1, 0.15) is 38.5 Å². The summed E-state index contributed by atoms with van der Waals surface area (Å²) >= 11 is 6.08. The van der Waals surface area contributed by atoms with Crippen LogP contribution in [-0.2, 0) is 6.54 Å². The topological polar surface area (TPSA) is 53.9 Å². The predicted molar refractivity (Wildman–Crippen MR) is 107 cm³/mol. The lowest BCUT2D eigenvalue weighted by Crippen LogP contribution is -2.35. The normalized spacial score (nSPS) is 16.1. The van der Waals surface area contributed by atoms with Crippen LogP contribution in [0, 0.1) is 0 Å². The van der Waals surface area contributed by atoms with Gasteiger partial charge in [-0.15, -0.1) is 0 Å². The summed E-state index contributed by atoms with van der Waals surface area (Å²) in [6.07, 6.45) is 9.30. The maximum absolute atomic E-state index is 12.8. The van der Waals surface area contributed by atoms with Gasteiger partial charge in [-0.1, -0.05) is 30.9 Å². The largest absolute Gasteiger partial charge is 0.349 e. The van der Waals surface area contributed by atoms with E-state index < -0.39 is 0 Å². The molecular weight excluding hydrogens is 348 g/mol. The van der Waals surface area contributed by atoms with Crippen LogP contribution in [0.3, 0.4) is 0 Å². The highest BCUT2D eigenvalue weighted by atomic mass is 35.5. The number of fused-ring (bicyclic) bond motifs is 3. The van der Waals surface area contributed by atoms with Crippen molar-refractivity contribution in [1.29, 1.82) is 0 Å². The molecule has 1 aliphatic carbocycles. The second-order valence-corrected chi connectivity index (χ2v) is 7.84. The zero-order valence-corrected chi connectivity index (χ0v) is 15.9. The van der Waals surface area contributed by atoms with Crippen LogP contribution in [0.25, 0.3) is 21.9 Å². The number of H-pyrrole nitrogens is 1. The van der Waals surface area contributed by atoms with Crippen molar-refractivity contribution in [2.24, 2.45) is 0 Å². The van der Waals surface area contributed by atoms with E-state index in [9.17, 15) is 4.79 Å². The van der Waals surface area contributed by atoms with E-state index >= 15 is 0 Å². The molecule has 6 heteroatoms. The number of halogens is 1. The molecule has 0 radical (unpaired) electrons. The van der Waals surface area contributed by atoms with Gasteiger partial charge in [0.05, 0.1) is 6.33 Å². The first kappa shape index (κ1) is 17.6. The molecule has 5 nitrogen and oxygen atoms in total. The van der Waals surface area contributed by atoms with E-state index in [1.54, 1.807) is 10.9 Å². The number of benzene rings is 1. The van der Waals surface area contributed by atoms with E-state index in [4.69, 9.17) is 11.6 Å². The van der Waals surface area contributed by atoms with E-state index in [2.05, 4.69) is 21.9 Å². The van der Waals surface area contributed by atoms with Crippen LogP contribution in [0.2, 0.25) is 5.02 Å². The van der Waals surface area contributed by atoms with Gasteiger partial charge in [0, 0.05) is 28.5 Å². The Labute approximate surface area is 158 Å². The molecule has 2 heterocycles. The third-order valence-electron chi connectivity index (χ3n) is 5.64. The molecule has 0 bridgehead atoms. The molecule has 3 aromatic rings. The fraction of sp³-hybridized carbons (Fsp3) is 0.500. The highest BCUT2D eigenvalue weighted by Gasteiger charge is 2.17. The van der Waals surface area contributed by atoms with E-state index in [1.807, 2.05) is 18.2 Å². The fourth-order valence-electron chi connectivity index (χ4n) is 4.12. The quantitative estimate of drug-likeness (QED) is 0.730. The van der Waals surface area contributed by atoms with Crippen LogP contribution in [0.15, 0.2) is 29.3 Å². The molecule has 0 unspecified atom stereocenters. The summed E-state index contributed by atoms with van der Waals surface area (Å²) in [6, 6.07) is 6.27. The lowest BCUT2D eigenvalue weighted by atomic mass is 9.94. The summed E-state index contributed by atoms with van der Waals surface area (Å²) in [4.78, 5) is 23.0. The summed E-state index contributed by atoms with van der Waals surface area (Å²) in [5.41, 5.74) is 2.14. The minimum absolute atomic E-state index is 0.0114. The number of aryl methyl sites for hydroxylation is 1. The monoisotopic (exact) mass is 372 g/mol. The maximum Gasteiger partial charge on any atom is 0.277 e. The third-order valence-corrected chi connectivity index (χ3v) is 5.88. The van der Waals surface area contributed by atoms with Gasteiger partial charge in [-0.3, -0.25) is 9.36 Å². The molecule has 0 atom stereocenters. The standard InChI is InChI=1S/C20H25ClN4O/c1-24(15-6-3-2-4-7-15)10-5-11-25-13-22-18-16-12-14(21)8-9-17(16)23-19(18)20(25)26/h8-9,12-13,15,23H,2-7,10-11H2,1H3. The van der Waals surface area contributed by atoms with Crippen molar-refractivity contribution in [2.45, 2.75) is 51.1 Å². The zero-order valence-electron chi connectivity index (χ0n) is 15.2. The summed E-state index contributed by atoms with van der Waals surface area (Å²) in [5.74, 6) is 0. The van der Waals surface area contributed by atoms with Gasteiger partial charge < -0.3 is 9.88 Å². The highest BCUT2D eigenvalue weighted by Crippen LogP contribution is 2.24. The van der Waals surface area contributed by atoms with E-state index in [-0.39, 0.29) is 5.56 Å². The average molecular weight is 373 g/mol. The first-order chi connectivity index (χ1) is 12.6. The smallest absolute Gasteiger partial charge is 0.277 e. The number of aromatic nitrogens is 3. The van der Waals surface area contributed by atoms with Crippen molar-refractivity contribution >= 4 is 33.5 Å². The second kappa shape index (κ2) is 7.41. The Bertz CT molecular complexity index is 971. The molecule has 1 saturated carbocycles. The van der Waals surface area contributed by atoms with Gasteiger partial charge in [-0.2, -0.15) is 0 Å². The molecule has 1 aliphatic rings. The molecule has 0 amide bonds. The average Bonchev–Trinajstić information content (AvgIpc) is 3.03. The van der Waals surface area contributed by atoms with Gasteiger partial charge in [-0.25, -0.2) is 4.98 Å². The van der Waals surface area contributed by atoms with Crippen LogP contribution >= 0.6 is 11.6 Å². The summed E-state index contributed by atoms with van der Waals surface area (Å²) in [5, 5.41) is 1.55. The molecule has 4 rings (SSSR count). The van der Waals surface area contributed by atoms with E-state index in [1.165, 1.54) is 32.1 Å². The molecule has 138 valence electrons. The lowest BCUT2D eigenvalue weighted by molar-refractivity contribution is 0.187. The first-order valence-corrected chi connectivity index (χ1v) is 9.88. The summed E-state index contributed by atoms with van der Waals surface area (Å²) in [6.45, 7) is 1.70. The highest BCUT2D eigenvalue weighted by molar-refractivity contribution is 6.31. The number of rotatable bonds is 5. The number of hydrogen-bond acceptors (Lipinski definition) is 3. The minimum Gasteiger partial charge on any atom is -0.349 e. The van der Waals surface area contributed by atoms with Crippen molar-refractivity contribution in [3.63, 3.8) is 0 Å². The molecule has 2 aromatic heterocycles. The molecule has 0 spiro atoms. The van der Waals surface area contributed by atoms with Gasteiger partial charge in [0.15, 0.2) is 0 Å². The SMILES string of the molecule is CN(CCCn1cnc2c([nH]c3ccc(Cl)cc32)c1=O)C1CCCCC1. The molecule has 1 fully saturated rings. The van der Waals surface area contributed by atoms with Gasteiger partial charge in [0.25, 0.3) is 5.56 Å². The third kappa shape index (κ3) is 3.38. The minimum atomic E-state index is -0.0114. The molecule has 0 saturated heterocycles. The number of hydrogen-bond donors (Lipinski definition) is 1. The Morgan fingerprint density at radius 3 is 2.92 bits per heavy atom. The molecular formula is C20H25ClN4O. The Balaban J connectivity index is 1.49. The summed E-state index contributed by atoms with van der Waals surface area (Å²) < 4.78 is 1.72. The molecule has 26 heavy (non-hydrogen) atoms. The second-order valence-electron chi connectivity index (χ2n) is 7.41. The predicted octanol–water partition coefficient (Wildman–Crippen LogP) is 4.19. The Morgan fingerprint density at radius 1 is 1.31 bits per heavy atom. The Hall–Kier alpha value is -1.85. The Morgan fingerprint density at radius 2 is 2.12 bits per heavy atom. The Kier molecular flexibility index (Phi) is 5.00. The van der Waals surface area contributed by atoms with Crippen molar-refractivity contribution in [1.82, 2.24) is 19.4 Å². The van der Waals surface area contributed by atoms with E-state index in [0.29, 0.717) is 28.6 Å². The van der Waals surface area contributed by atoms with Crippen LogP contribution in [-0.4, -0.2) is 39.1 Å². The van der Waals surface area contributed by atoms with Crippen LogP contribution in [0.4, 0.5) is 0 Å². The summed E-state index contributed by atoms with van der Waals surface area (Å²) in [7, 11) is 2.21. The molecule has 0 aliphatic heterocycles. The van der Waals surface area contributed by atoms with Crippen molar-refractivity contribution in [3.05, 3.63) is 39.9 Å². The van der Waals surface area contributed by atoms with Gasteiger partial charge in [-0.05, 0) is 51.1 Å². The number of nitrogens with zero attached hydrogens (tertiary/aromatic N) is 3. The van der Waals surface area contributed by atoms with Crippen molar-refractivity contribution in [2.75, 3.05) is 13.6 Å². The van der Waals surface area contributed by atoms with Gasteiger partial charge in [0.2, 0.25) is 0 Å². The van der Waals surface area contributed by atoms with Crippen molar-refractivity contribution in [3.8, 4) is 0 Å². The van der Waals surface area contributed by atoms with Gasteiger partial charge >= 0.3 is 0 Å². The zero-order chi connectivity index (χ0) is 18.1. The lowest BCUT2D eigenvalue weighted by Gasteiger charge is -2.31. The number of aromatic amines is 1. The molecule has 1 N–H and O–H groups in total. The van der Waals surface area contributed by atoms with E-state index in [0.717, 1.165) is 23.9 Å². The van der Waals surface area contributed by atoms with Crippen LogP contribution in [0.5, 0.6) is 0 Å². The van der Waals surface area contributed by atoms with Gasteiger partial charge in [0.1, 0.15) is 11.0 Å². The van der Waals surface area contributed by atoms with Crippen LogP contribution < -0.4 is 5.56 Å².